The number of nitrogens with two attached hydrogens (primary N) is 1. The Morgan fingerprint density at radius 1 is 1.06 bits per heavy atom. The van der Waals surface area contributed by atoms with Crippen LogP contribution in [0.25, 0.3) is 10.8 Å². The van der Waals surface area contributed by atoms with Gasteiger partial charge in [0.2, 0.25) is 0 Å². The topological polar surface area (TPSA) is 26.0 Å². The van der Waals surface area contributed by atoms with E-state index in [0.717, 1.165) is 6.42 Å². The summed E-state index contributed by atoms with van der Waals surface area (Å²) in [6.45, 7) is 2.32. The van der Waals surface area contributed by atoms with Crippen molar-refractivity contribution in [2.24, 2.45) is 5.73 Å². The van der Waals surface area contributed by atoms with Crippen LogP contribution in [0.5, 0.6) is 0 Å². The zero-order chi connectivity index (χ0) is 11.1. The van der Waals surface area contributed by atoms with Crippen molar-refractivity contribution in [1.29, 1.82) is 0 Å². The zero-order valence-electron chi connectivity index (χ0n) is 9.61. The van der Waals surface area contributed by atoms with Gasteiger partial charge in [0.15, 0.2) is 0 Å². The summed E-state index contributed by atoms with van der Waals surface area (Å²) >= 11 is 0. The fraction of sp³-hybridized carbons (Fsp3) is 0.333. The minimum atomic E-state index is 0.232. The molecule has 0 spiro atoms. The van der Waals surface area contributed by atoms with Crippen LogP contribution in [0.4, 0.5) is 0 Å². The quantitative estimate of drug-likeness (QED) is 0.706. The largest absolute Gasteiger partial charge is 0.324 e. The third-order valence-electron chi connectivity index (χ3n) is 3.81. The highest BCUT2D eigenvalue weighted by Gasteiger charge is 2.23. The molecule has 0 heterocycles. The minimum Gasteiger partial charge on any atom is -0.324 e. The molecule has 2 aromatic rings. The van der Waals surface area contributed by atoms with Gasteiger partial charge in [-0.25, -0.2) is 0 Å². The van der Waals surface area contributed by atoms with E-state index in [1.807, 2.05) is 0 Å². The van der Waals surface area contributed by atoms with Crippen LogP contribution in [-0.4, -0.2) is 0 Å². The van der Waals surface area contributed by atoms with Crippen LogP contribution in [-0.2, 0) is 0 Å². The molecule has 0 saturated heterocycles. The lowest BCUT2D eigenvalue weighted by Crippen LogP contribution is -2.19. The van der Waals surface area contributed by atoms with Crippen LogP contribution in [0.1, 0.15) is 42.9 Å². The highest BCUT2D eigenvalue weighted by atomic mass is 14.6. The maximum atomic E-state index is 6.20. The highest BCUT2D eigenvalue weighted by Crippen LogP contribution is 2.39. The first-order chi connectivity index (χ1) is 7.77. The van der Waals surface area contributed by atoms with Crippen molar-refractivity contribution >= 4 is 10.8 Å². The SMILES string of the molecule is CC1CC[C@H](N)c2ccc3ccccc3c21. The summed E-state index contributed by atoms with van der Waals surface area (Å²) < 4.78 is 0. The Hall–Kier alpha value is -1.34. The molecule has 16 heavy (non-hydrogen) atoms. The van der Waals surface area contributed by atoms with Crippen molar-refractivity contribution in [3.05, 3.63) is 47.5 Å². The van der Waals surface area contributed by atoms with Crippen molar-refractivity contribution in [2.75, 3.05) is 0 Å². The summed E-state index contributed by atoms with van der Waals surface area (Å²) in [5.41, 5.74) is 9.04. The van der Waals surface area contributed by atoms with E-state index in [0.29, 0.717) is 5.92 Å². The molecule has 0 aromatic heterocycles. The number of benzene rings is 2. The van der Waals surface area contributed by atoms with Gasteiger partial charge in [0.1, 0.15) is 0 Å². The summed E-state index contributed by atoms with van der Waals surface area (Å²) in [6.07, 6.45) is 2.33. The smallest absolute Gasteiger partial charge is 0.0298 e. The van der Waals surface area contributed by atoms with Gasteiger partial charge in [-0.15, -0.1) is 0 Å². The van der Waals surface area contributed by atoms with E-state index < -0.39 is 0 Å². The lowest BCUT2D eigenvalue weighted by Gasteiger charge is -2.28. The van der Waals surface area contributed by atoms with E-state index in [1.165, 1.54) is 28.3 Å². The fourth-order valence-corrected chi connectivity index (χ4v) is 2.92. The van der Waals surface area contributed by atoms with Gasteiger partial charge in [-0.1, -0.05) is 43.3 Å². The zero-order valence-corrected chi connectivity index (χ0v) is 9.61. The van der Waals surface area contributed by atoms with Crippen molar-refractivity contribution in [3.63, 3.8) is 0 Å². The second kappa shape index (κ2) is 3.60. The van der Waals surface area contributed by atoms with Gasteiger partial charge < -0.3 is 5.73 Å². The van der Waals surface area contributed by atoms with E-state index in [1.54, 1.807) is 0 Å². The van der Waals surface area contributed by atoms with Crippen LogP contribution < -0.4 is 5.73 Å². The lowest BCUT2D eigenvalue weighted by molar-refractivity contribution is 0.517. The minimum absolute atomic E-state index is 0.232. The summed E-state index contributed by atoms with van der Waals surface area (Å²) in [4.78, 5) is 0. The highest BCUT2D eigenvalue weighted by molar-refractivity contribution is 5.87. The Labute approximate surface area is 96.3 Å². The van der Waals surface area contributed by atoms with E-state index >= 15 is 0 Å². The predicted octanol–water partition coefficient (Wildman–Crippen LogP) is 3.74. The second-order valence-corrected chi connectivity index (χ2v) is 4.87. The van der Waals surface area contributed by atoms with Crippen molar-refractivity contribution in [2.45, 2.75) is 31.7 Å². The molecule has 0 bridgehead atoms. The Kier molecular flexibility index (Phi) is 2.22. The fourth-order valence-electron chi connectivity index (χ4n) is 2.92. The van der Waals surface area contributed by atoms with E-state index in [-0.39, 0.29) is 6.04 Å². The van der Waals surface area contributed by atoms with E-state index in [4.69, 9.17) is 5.73 Å². The van der Waals surface area contributed by atoms with Crippen LogP contribution in [0.3, 0.4) is 0 Å². The first-order valence-corrected chi connectivity index (χ1v) is 6.04. The molecule has 1 aliphatic carbocycles. The van der Waals surface area contributed by atoms with Crippen molar-refractivity contribution in [3.8, 4) is 0 Å². The van der Waals surface area contributed by atoms with Crippen molar-refractivity contribution < 1.29 is 0 Å². The van der Waals surface area contributed by atoms with Gasteiger partial charge >= 0.3 is 0 Å². The molecule has 1 unspecified atom stereocenters. The van der Waals surface area contributed by atoms with Crippen LogP contribution in [0.15, 0.2) is 36.4 Å². The average Bonchev–Trinajstić information content (AvgIpc) is 2.33. The first-order valence-electron chi connectivity index (χ1n) is 6.04. The normalized spacial score (nSPS) is 24.4. The molecule has 2 N–H and O–H groups in total. The average molecular weight is 211 g/mol. The van der Waals surface area contributed by atoms with E-state index in [9.17, 15) is 0 Å². The van der Waals surface area contributed by atoms with Gasteiger partial charge in [0.25, 0.3) is 0 Å². The van der Waals surface area contributed by atoms with Gasteiger partial charge in [-0.2, -0.15) is 0 Å². The van der Waals surface area contributed by atoms with Crippen LogP contribution in [0, 0.1) is 0 Å². The summed E-state index contributed by atoms with van der Waals surface area (Å²) in [6, 6.07) is 13.3. The van der Waals surface area contributed by atoms with Gasteiger partial charge in [-0.05, 0) is 40.7 Å². The van der Waals surface area contributed by atoms with Gasteiger partial charge in [-0.3, -0.25) is 0 Å². The molecular weight excluding hydrogens is 194 g/mol. The van der Waals surface area contributed by atoms with Crippen LogP contribution >= 0.6 is 0 Å². The number of fused-ring (bicyclic) bond motifs is 3. The lowest BCUT2D eigenvalue weighted by atomic mass is 9.79. The molecule has 1 heteroatoms. The molecule has 0 amide bonds. The predicted molar refractivity (Wildman–Crippen MR) is 68.5 cm³/mol. The Balaban J connectivity index is 2.35. The Morgan fingerprint density at radius 2 is 1.88 bits per heavy atom. The van der Waals surface area contributed by atoms with Gasteiger partial charge in [0.05, 0.1) is 0 Å². The van der Waals surface area contributed by atoms with Crippen molar-refractivity contribution in [1.82, 2.24) is 0 Å². The number of hydrogen-bond acceptors (Lipinski definition) is 1. The first kappa shape index (κ1) is 9.86. The maximum absolute atomic E-state index is 6.20. The molecule has 0 saturated carbocycles. The molecule has 1 nitrogen and oxygen atoms in total. The second-order valence-electron chi connectivity index (χ2n) is 4.87. The number of hydrogen-bond donors (Lipinski definition) is 1. The van der Waals surface area contributed by atoms with Crippen LogP contribution in [0.2, 0.25) is 0 Å². The molecule has 0 aliphatic heterocycles. The molecular formula is C15H17N. The Bertz CT molecular complexity index is 530. The molecule has 3 rings (SSSR count). The van der Waals surface area contributed by atoms with Gasteiger partial charge in [0, 0.05) is 6.04 Å². The number of rotatable bonds is 0. The molecule has 0 radical (unpaired) electrons. The third kappa shape index (κ3) is 1.35. The molecule has 2 aromatic carbocycles. The summed E-state index contributed by atoms with van der Waals surface area (Å²) in [5, 5.41) is 2.73. The monoisotopic (exact) mass is 211 g/mol. The third-order valence-corrected chi connectivity index (χ3v) is 3.81. The summed E-state index contributed by atoms with van der Waals surface area (Å²) in [5.74, 6) is 0.640. The standard InChI is InChI=1S/C15H17N/c1-10-6-9-14(16)13-8-7-11-4-2-3-5-12(11)15(10)13/h2-5,7-8,10,14H,6,9,16H2,1H3/t10?,14-/m0/s1. The molecule has 0 fully saturated rings. The Morgan fingerprint density at radius 3 is 2.75 bits per heavy atom. The molecule has 2 atom stereocenters. The summed E-state index contributed by atoms with van der Waals surface area (Å²) in [7, 11) is 0. The molecule has 82 valence electrons. The van der Waals surface area contributed by atoms with E-state index in [2.05, 4.69) is 43.3 Å². The molecule has 1 aliphatic rings. The maximum Gasteiger partial charge on any atom is 0.0298 e.